The fourth-order valence-electron chi connectivity index (χ4n) is 8.14. The van der Waals surface area contributed by atoms with Crippen molar-refractivity contribution in [1.29, 1.82) is 0 Å². The van der Waals surface area contributed by atoms with Crippen LogP contribution in [0.5, 0.6) is 5.75 Å². The van der Waals surface area contributed by atoms with Gasteiger partial charge in [-0.05, 0) is 81.5 Å². The van der Waals surface area contributed by atoms with Crippen LogP contribution in [0.15, 0.2) is 22.9 Å². The summed E-state index contributed by atoms with van der Waals surface area (Å²) >= 11 is 0. The number of carbonyl (C=O) groups is 1. The molecule has 2 aliphatic heterocycles. The van der Waals surface area contributed by atoms with Crippen molar-refractivity contribution in [3.8, 4) is 5.75 Å². The third kappa shape index (κ3) is 8.52. The fraction of sp³-hybridized carbons (Fsp3) is 0.730. The molecule has 1 aromatic carbocycles. The van der Waals surface area contributed by atoms with Crippen molar-refractivity contribution < 1.29 is 19.1 Å². The van der Waals surface area contributed by atoms with E-state index in [1.807, 2.05) is 13.0 Å². The molecule has 0 bridgehead atoms. The summed E-state index contributed by atoms with van der Waals surface area (Å²) in [5.41, 5.74) is 4.63. The molecular formula is C37H57N5O4. The lowest BCUT2D eigenvalue weighted by Gasteiger charge is -2.46. The first kappa shape index (κ1) is 33.4. The highest BCUT2D eigenvalue weighted by atomic mass is 16.5. The van der Waals surface area contributed by atoms with E-state index in [0.29, 0.717) is 37.9 Å². The zero-order valence-electron chi connectivity index (χ0n) is 28.3. The molecule has 0 spiro atoms. The Kier molecular flexibility index (Phi) is 11.7. The highest BCUT2D eigenvalue weighted by Crippen LogP contribution is 2.32. The SMILES string of the molecule is Cc1ncoc1COc1ccc2c(c1C)CCN(C[C@@H](O)CNC(=O)C1CCN(C3CCCCCCCC3)C(NC3CCC3)C1)C2. The number of nitrogens with one attached hydrogen (secondary N) is 2. The van der Waals surface area contributed by atoms with Gasteiger partial charge in [-0.1, -0.05) is 51.0 Å². The van der Waals surface area contributed by atoms with Crippen LogP contribution in [-0.4, -0.2) is 76.3 Å². The Morgan fingerprint density at radius 3 is 2.54 bits per heavy atom. The molecule has 2 aliphatic carbocycles. The van der Waals surface area contributed by atoms with Gasteiger partial charge in [-0.3, -0.25) is 19.9 Å². The molecule has 6 rings (SSSR count). The second-order valence-electron chi connectivity index (χ2n) is 14.5. The fourth-order valence-corrected chi connectivity index (χ4v) is 8.14. The molecule has 3 heterocycles. The van der Waals surface area contributed by atoms with Crippen molar-refractivity contribution in [2.24, 2.45) is 5.92 Å². The molecule has 9 heteroatoms. The average molecular weight is 636 g/mol. The summed E-state index contributed by atoms with van der Waals surface area (Å²) in [5.74, 6) is 1.75. The van der Waals surface area contributed by atoms with Gasteiger partial charge in [0.15, 0.2) is 12.2 Å². The van der Waals surface area contributed by atoms with Gasteiger partial charge in [-0.25, -0.2) is 4.98 Å². The van der Waals surface area contributed by atoms with Crippen molar-refractivity contribution in [2.45, 2.75) is 141 Å². The Labute approximate surface area is 275 Å². The number of hydrogen-bond acceptors (Lipinski definition) is 8. The van der Waals surface area contributed by atoms with Crippen molar-refractivity contribution in [3.63, 3.8) is 0 Å². The summed E-state index contributed by atoms with van der Waals surface area (Å²) in [6.07, 6.45) is 18.4. The molecule has 3 N–H and O–H groups in total. The van der Waals surface area contributed by atoms with Crippen LogP contribution < -0.4 is 15.4 Å². The number of β-amino-alcohol motifs (C(OH)–C–C–N with tert-alkyl or cyclic N) is 1. The zero-order valence-corrected chi connectivity index (χ0v) is 28.3. The molecular weight excluding hydrogens is 578 g/mol. The van der Waals surface area contributed by atoms with Gasteiger partial charge >= 0.3 is 0 Å². The summed E-state index contributed by atoms with van der Waals surface area (Å²) in [5, 5.41) is 18.1. The van der Waals surface area contributed by atoms with E-state index in [0.717, 1.165) is 56.1 Å². The third-order valence-corrected chi connectivity index (χ3v) is 11.2. The van der Waals surface area contributed by atoms with Gasteiger partial charge < -0.3 is 19.6 Å². The first-order valence-corrected chi connectivity index (χ1v) is 18.3. The van der Waals surface area contributed by atoms with Crippen molar-refractivity contribution in [2.75, 3.05) is 26.2 Å². The topological polar surface area (TPSA) is 103 Å². The molecule has 2 unspecified atom stereocenters. The predicted octanol–water partition coefficient (Wildman–Crippen LogP) is 5.39. The molecule has 4 aliphatic rings. The van der Waals surface area contributed by atoms with Gasteiger partial charge in [-0.15, -0.1) is 0 Å². The molecule has 1 aromatic heterocycles. The minimum absolute atomic E-state index is 0.00609. The minimum Gasteiger partial charge on any atom is -0.485 e. The van der Waals surface area contributed by atoms with E-state index in [1.165, 1.54) is 93.7 Å². The second-order valence-corrected chi connectivity index (χ2v) is 14.5. The third-order valence-electron chi connectivity index (χ3n) is 11.2. The van der Waals surface area contributed by atoms with Crippen LogP contribution in [0.1, 0.15) is 112 Å². The summed E-state index contributed by atoms with van der Waals surface area (Å²) in [7, 11) is 0. The van der Waals surface area contributed by atoms with Gasteiger partial charge in [0.05, 0.1) is 18.0 Å². The van der Waals surface area contributed by atoms with Crippen LogP contribution in [0.25, 0.3) is 0 Å². The van der Waals surface area contributed by atoms with Crippen LogP contribution in [0.4, 0.5) is 0 Å². The van der Waals surface area contributed by atoms with E-state index in [1.54, 1.807) is 0 Å². The maximum Gasteiger partial charge on any atom is 0.223 e. The lowest BCUT2D eigenvalue weighted by Crippen LogP contribution is -2.59. The number of aliphatic hydroxyl groups is 1. The van der Waals surface area contributed by atoms with Gasteiger partial charge in [-0.2, -0.15) is 0 Å². The number of ether oxygens (including phenoxy) is 1. The normalized spacial score (nSPS) is 24.7. The molecule has 2 aromatic rings. The summed E-state index contributed by atoms with van der Waals surface area (Å²) in [4.78, 5) is 22.6. The van der Waals surface area contributed by atoms with E-state index in [2.05, 4.69) is 38.4 Å². The molecule has 2 saturated carbocycles. The maximum absolute atomic E-state index is 13.4. The quantitative estimate of drug-likeness (QED) is 0.302. The van der Waals surface area contributed by atoms with Gasteiger partial charge in [0.25, 0.3) is 0 Å². The Balaban J connectivity index is 0.971. The Morgan fingerprint density at radius 2 is 1.83 bits per heavy atom. The Bertz CT molecular complexity index is 1270. The smallest absolute Gasteiger partial charge is 0.223 e. The molecule has 1 amide bonds. The first-order chi connectivity index (χ1) is 22.4. The van der Waals surface area contributed by atoms with Crippen LogP contribution in [0, 0.1) is 19.8 Å². The summed E-state index contributed by atoms with van der Waals surface area (Å²) in [6.45, 7) is 7.92. The van der Waals surface area contributed by atoms with Crippen LogP contribution in [0.3, 0.4) is 0 Å². The largest absolute Gasteiger partial charge is 0.485 e. The predicted molar refractivity (Wildman–Crippen MR) is 179 cm³/mol. The molecule has 9 nitrogen and oxygen atoms in total. The number of carbonyl (C=O) groups excluding carboxylic acids is 1. The van der Waals surface area contributed by atoms with E-state index in [9.17, 15) is 9.90 Å². The number of amides is 1. The number of fused-ring (bicyclic) bond motifs is 1. The van der Waals surface area contributed by atoms with Crippen molar-refractivity contribution >= 4 is 5.91 Å². The highest BCUT2D eigenvalue weighted by Gasteiger charge is 2.37. The van der Waals surface area contributed by atoms with E-state index >= 15 is 0 Å². The number of oxazole rings is 1. The second kappa shape index (κ2) is 16.1. The molecule has 3 fully saturated rings. The molecule has 46 heavy (non-hydrogen) atoms. The average Bonchev–Trinajstić information content (AvgIpc) is 3.51. The number of aromatic nitrogens is 1. The number of aryl methyl sites for hydroxylation is 1. The summed E-state index contributed by atoms with van der Waals surface area (Å²) in [6, 6.07) is 5.43. The van der Waals surface area contributed by atoms with Crippen molar-refractivity contribution in [3.05, 3.63) is 46.7 Å². The number of aliphatic hydroxyl groups excluding tert-OH is 1. The van der Waals surface area contributed by atoms with Crippen LogP contribution in [0.2, 0.25) is 0 Å². The number of benzene rings is 1. The van der Waals surface area contributed by atoms with E-state index in [4.69, 9.17) is 9.15 Å². The Hall–Kier alpha value is -2.46. The summed E-state index contributed by atoms with van der Waals surface area (Å²) < 4.78 is 11.5. The lowest BCUT2D eigenvalue weighted by atomic mass is 9.87. The minimum atomic E-state index is -0.595. The number of hydrogen-bond donors (Lipinski definition) is 3. The van der Waals surface area contributed by atoms with E-state index < -0.39 is 6.10 Å². The molecule has 254 valence electrons. The lowest BCUT2D eigenvalue weighted by molar-refractivity contribution is -0.128. The highest BCUT2D eigenvalue weighted by molar-refractivity contribution is 5.78. The van der Waals surface area contributed by atoms with Crippen molar-refractivity contribution in [1.82, 2.24) is 25.4 Å². The number of likely N-dealkylation sites (tertiary alicyclic amines) is 1. The Morgan fingerprint density at radius 1 is 1.04 bits per heavy atom. The monoisotopic (exact) mass is 635 g/mol. The van der Waals surface area contributed by atoms with E-state index in [-0.39, 0.29) is 11.8 Å². The molecule has 1 saturated heterocycles. The zero-order chi connectivity index (χ0) is 31.9. The number of piperidine rings is 1. The number of nitrogens with zero attached hydrogens (tertiary/aromatic N) is 3. The van der Waals surface area contributed by atoms with Crippen LogP contribution >= 0.6 is 0 Å². The van der Waals surface area contributed by atoms with Gasteiger partial charge in [0.1, 0.15) is 12.4 Å². The molecule has 3 atom stereocenters. The standard InChI is InChI=1S/C37H57N5O4/c1-26-33-17-18-41(22-29(33)14-15-34(26)45-24-35-27(2)39-25-46-35)23-32(43)21-38-37(44)28-16-19-42(36(20-28)40-30-10-9-11-30)31-12-7-5-3-4-6-8-13-31/h14-15,25,28,30-32,36,40,43H,3-13,16-24H2,1-2H3,(H,38,44)/t28?,32-,36?/m0/s1. The molecule has 0 radical (unpaired) electrons. The maximum atomic E-state index is 13.4. The number of rotatable bonds is 11. The van der Waals surface area contributed by atoms with Crippen LogP contribution in [-0.2, 0) is 24.4 Å². The van der Waals surface area contributed by atoms with Gasteiger partial charge in [0.2, 0.25) is 5.91 Å². The van der Waals surface area contributed by atoms with Gasteiger partial charge in [0, 0.05) is 50.7 Å². The first-order valence-electron chi connectivity index (χ1n) is 18.3.